The van der Waals surface area contributed by atoms with Crippen LogP contribution in [0.25, 0.3) is 0 Å². The average Bonchev–Trinajstić information content (AvgIpc) is 2.72. The highest BCUT2D eigenvalue weighted by Crippen LogP contribution is 2.19. The van der Waals surface area contributed by atoms with Crippen LogP contribution >= 0.6 is 15.9 Å². The molecular weight excluding hydrogens is 444 g/mol. The number of rotatable bonds is 7. The number of carbonyl (C=O) groups is 2. The topological polar surface area (TPSA) is 64.7 Å². The number of piperazine rings is 1. The van der Waals surface area contributed by atoms with Gasteiger partial charge >= 0.3 is 0 Å². The standard InChI is InChI=1S/C23H29BrN4O2/c1-17-4-3-5-18(2)23(17)26-22(30)16-28-14-12-27(13-15-28)11-10-21(29)25-20-8-6-19(24)7-9-20/h3-9H,10-16H2,1-2H3,(H,25,29)(H,26,30). The molecule has 2 aromatic carbocycles. The molecule has 0 aliphatic carbocycles. The average molecular weight is 473 g/mol. The zero-order valence-corrected chi connectivity index (χ0v) is 19.2. The largest absolute Gasteiger partial charge is 0.326 e. The van der Waals surface area contributed by atoms with E-state index in [-0.39, 0.29) is 11.8 Å². The van der Waals surface area contributed by atoms with Gasteiger partial charge in [-0.15, -0.1) is 0 Å². The number of nitrogens with one attached hydrogen (secondary N) is 2. The fourth-order valence-corrected chi connectivity index (χ4v) is 3.85. The highest BCUT2D eigenvalue weighted by Gasteiger charge is 2.20. The first-order chi connectivity index (χ1) is 14.4. The van der Waals surface area contributed by atoms with E-state index in [0.29, 0.717) is 13.0 Å². The minimum Gasteiger partial charge on any atom is -0.326 e. The summed E-state index contributed by atoms with van der Waals surface area (Å²) in [6, 6.07) is 13.6. The van der Waals surface area contributed by atoms with Gasteiger partial charge in [-0.3, -0.25) is 14.5 Å². The summed E-state index contributed by atoms with van der Waals surface area (Å²) in [5.74, 6) is 0.0439. The van der Waals surface area contributed by atoms with E-state index in [1.54, 1.807) is 0 Å². The summed E-state index contributed by atoms with van der Waals surface area (Å²) >= 11 is 3.39. The van der Waals surface area contributed by atoms with Crippen LogP contribution in [0.2, 0.25) is 0 Å². The summed E-state index contributed by atoms with van der Waals surface area (Å²) in [4.78, 5) is 29.1. The van der Waals surface area contributed by atoms with Crippen LogP contribution in [0.1, 0.15) is 17.5 Å². The molecule has 2 amide bonds. The monoisotopic (exact) mass is 472 g/mol. The van der Waals surface area contributed by atoms with Crippen LogP contribution in [0.4, 0.5) is 11.4 Å². The molecule has 1 aliphatic heterocycles. The molecule has 1 saturated heterocycles. The number of para-hydroxylation sites is 1. The lowest BCUT2D eigenvalue weighted by Gasteiger charge is -2.34. The van der Waals surface area contributed by atoms with Crippen molar-refractivity contribution in [3.8, 4) is 0 Å². The summed E-state index contributed by atoms with van der Waals surface area (Å²) in [6.07, 6.45) is 0.461. The Morgan fingerprint density at radius 3 is 2.10 bits per heavy atom. The van der Waals surface area contributed by atoms with E-state index in [4.69, 9.17) is 0 Å². The van der Waals surface area contributed by atoms with E-state index in [1.807, 2.05) is 56.3 Å². The Hall–Kier alpha value is -2.22. The lowest BCUT2D eigenvalue weighted by Crippen LogP contribution is -2.49. The first-order valence-electron chi connectivity index (χ1n) is 10.3. The normalized spacial score (nSPS) is 15.0. The third-order valence-corrected chi connectivity index (χ3v) is 5.89. The summed E-state index contributed by atoms with van der Waals surface area (Å²) in [7, 11) is 0. The van der Waals surface area contributed by atoms with Crippen molar-refractivity contribution >= 4 is 39.1 Å². The quantitative estimate of drug-likeness (QED) is 0.645. The van der Waals surface area contributed by atoms with Crippen molar-refractivity contribution in [1.29, 1.82) is 0 Å². The molecule has 0 bridgehead atoms. The molecule has 0 spiro atoms. The smallest absolute Gasteiger partial charge is 0.238 e. The fourth-order valence-electron chi connectivity index (χ4n) is 3.58. The van der Waals surface area contributed by atoms with E-state index in [1.165, 1.54) is 0 Å². The van der Waals surface area contributed by atoms with Gasteiger partial charge in [0.15, 0.2) is 0 Å². The first-order valence-corrected chi connectivity index (χ1v) is 11.1. The predicted octanol–water partition coefficient (Wildman–Crippen LogP) is 3.65. The highest BCUT2D eigenvalue weighted by molar-refractivity contribution is 9.10. The molecule has 6 nitrogen and oxygen atoms in total. The molecule has 1 fully saturated rings. The Kier molecular flexibility index (Phi) is 8.01. The molecule has 0 saturated carbocycles. The lowest BCUT2D eigenvalue weighted by molar-refractivity contribution is -0.117. The minimum atomic E-state index is 0.0210. The van der Waals surface area contributed by atoms with Gasteiger partial charge in [0, 0.05) is 55.0 Å². The molecule has 2 N–H and O–H groups in total. The van der Waals surface area contributed by atoms with Crippen LogP contribution in [-0.2, 0) is 9.59 Å². The van der Waals surface area contributed by atoms with Crippen LogP contribution in [0.15, 0.2) is 46.9 Å². The van der Waals surface area contributed by atoms with E-state index in [9.17, 15) is 9.59 Å². The molecule has 0 aromatic heterocycles. The molecule has 7 heteroatoms. The number of hydrogen-bond donors (Lipinski definition) is 2. The van der Waals surface area contributed by atoms with E-state index >= 15 is 0 Å². The number of anilines is 2. The maximum atomic E-state index is 12.5. The van der Waals surface area contributed by atoms with Crippen molar-refractivity contribution in [3.63, 3.8) is 0 Å². The Labute approximate surface area is 186 Å². The van der Waals surface area contributed by atoms with Gasteiger partial charge in [0.25, 0.3) is 0 Å². The Morgan fingerprint density at radius 2 is 1.47 bits per heavy atom. The van der Waals surface area contributed by atoms with E-state index in [2.05, 4.69) is 36.4 Å². The third-order valence-electron chi connectivity index (χ3n) is 5.36. The molecule has 0 unspecified atom stereocenters. The summed E-state index contributed by atoms with van der Waals surface area (Å²) < 4.78 is 0.987. The molecule has 0 radical (unpaired) electrons. The molecule has 2 aromatic rings. The molecule has 0 atom stereocenters. The maximum absolute atomic E-state index is 12.5. The number of hydrogen-bond acceptors (Lipinski definition) is 4. The van der Waals surface area contributed by atoms with Crippen LogP contribution in [0.5, 0.6) is 0 Å². The van der Waals surface area contributed by atoms with Crippen molar-refractivity contribution in [2.24, 2.45) is 0 Å². The zero-order valence-electron chi connectivity index (χ0n) is 17.6. The van der Waals surface area contributed by atoms with Gasteiger partial charge in [-0.05, 0) is 49.2 Å². The number of aryl methyl sites for hydroxylation is 2. The van der Waals surface area contributed by atoms with Gasteiger partial charge in [-0.25, -0.2) is 0 Å². The second-order valence-corrected chi connectivity index (χ2v) is 8.65. The second-order valence-electron chi connectivity index (χ2n) is 7.74. The molecule has 1 heterocycles. The van der Waals surface area contributed by atoms with Gasteiger partial charge in [0.05, 0.1) is 6.54 Å². The van der Waals surface area contributed by atoms with Crippen LogP contribution in [0.3, 0.4) is 0 Å². The Morgan fingerprint density at radius 1 is 0.867 bits per heavy atom. The van der Waals surface area contributed by atoms with Gasteiger partial charge < -0.3 is 15.5 Å². The molecule has 1 aliphatic rings. The van der Waals surface area contributed by atoms with Crippen molar-refractivity contribution < 1.29 is 9.59 Å². The van der Waals surface area contributed by atoms with Crippen molar-refractivity contribution in [1.82, 2.24) is 9.80 Å². The van der Waals surface area contributed by atoms with Gasteiger partial charge in [0.1, 0.15) is 0 Å². The van der Waals surface area contributed by atoms with Crippen LogP contribution in [0, 0.1) is 13.8 Å². The first kappa shape index (κ1) is 22.5. The van der Waals surface area contributed by atoms with Crippen molar-refractivity contribution in [3.05, 3.63) is 58.1 Å². The van der Waals surface area contributed by atoms with Crippen molar-refractivity contribution in [2.75, 3.05) is 49.9 Å². The molecule has 3 rings (SSSR count). The van der Waals surface area contributed by atoms with Gasteiger partial charge in [0.2, 0.25) is 11.8 Å². The number of amides is 2. The summed E-state index contributed by atoms with van der Waals surface area (Å²) in [6.45, 7) is 8.52. The lowest BCUT2D eigenvalue weighted by atomic mass is 10.1. The summed E-state index contributed by atoms with van der Waals surface area (Å²) in [5, 5.41) is 5.98. The number of halogens is 1. The van der Waals surface area contributed by atoms with Crippen LogP contribution in [-0.4, -0.2) is 60.9 Å². The SMILES string of the molecule is Cc1cccc(C)c1NC(=O)CN1CCN(CCC(=O)Nc2ccc(Br)cc2)CC1. The fraction of sp³-hybridized carbons (Fsp3) is 0.391. The second kappa shape index (κ2) is 10.7. The maximum Gasteiger partial charge on any atom is 0.238 e. The number of benzene rings is 2. The van der Waals surface area contributed by atoms with E-state index < -0.39 is 0 Å². The zero-order chi connectivity index (χ0) is 21.5. The van der Waals surface area contributed by atoms with Crippen LogP contribution < -0.4 is 10.6 Å². The molecular formula is C23H29BrN4O2. The summed E-state index contributed by atoms with van der Waals surface area (Å²) in [5.41, 5.74) is 3.88. The molecule has 30 heavy (non-hydrogen) atoms. The van der Waals surface area contributed by atoms with Crippen molar-refractivity contribution in [2.45, 2.75) is 20.3 Å². The Balaban J connectivity index is 1.36. The van der Waals surface area contributed by atoms with E-state index in [0.717, 1.165) is 59.7 Å². The minimum absolute atomic E-state index is 0.0210. The number of nitrogens with zero attached hydrogens (tertiary/aromatic N) is 2. The molecule has 160 valence electrons. The highest BCUT2D eigenvalue weighted by atomic mass is 79.9. The van der Waals surface area contributed by atoms with Gasteiger partial charge in [-0.2, -0.15) is 0 Å². The Bertz CT molecular complexity index is 857. The predicted molar refractivity (Wildman–Crippen MR) is 125 cm³/mol. The number of carbonyl (C=O) groups excluding carboxylic acids is 2. The van der Waals surface area contributed by atoms with Gasteiger partial charge in [-0.1, -0.05) is 34.1 Å². The third kappa shape index (κ3) is 6.65.